The van der Waals surface area contributed by atoms with E-state index in [4.69, 9.17) is 9.84 Å². The van der Waals surface area contributed by atoms with Crippen LogP contribution in [0.15, 0.2) is 23.1 Å². The fourth-order valence-electron chi connectivity index (χ4n) is 1.52. The van der Waals surface area contributed by atoms with Crippen LogP contribution in [-0.2, 0) is 4.79 Å². The van der Waals surface area contributed by atoms with Gasteiger partial charge >= 0.3 is 5.97 Å². The molecule has 0 spiro atoms. The molecule has 0 amide bonds. The molecule has 1 aromatic carbocycles. The molecule has 1 aromatic rings. The molecular weight excluding hydrogens is 200 g/mol. The Balaban J connectivity index is 2.41. The van der Waals surface area contributed by atoms with Crippen LogP contribution in [0, 0.1) is 0 Å². The average molecular weight is 210 g/mol. The van der Waals surface area contributed by atoms with Gasteiger partial charge in [0, 0.05) is 10.6 Å². The highest BCUT2D eigenvalue weighted by Crippen LogP contribution is 2.41. The predicted octanol–water partition coefficient (Wildman–Crippen LogP) is 1.97. The van der Waals surface area contributed by atoms with Crippen LogP contribution in [0.2, 0.25) is 0 Å². The maximum absolute atomic E-state index is 10.9. The Hall–Kier alpha value is -1.16. The molecule has 1 heterocycles. The molecule has 4 heteroatoms. The lowest BCUT2D eigenvalue weighted by atomic mass is 10.0. The largest absolute Gasteiger partial charge is 0.497 e. The molecule has 1 atom stereocenters. The Bertz CT molecular complexity index is 376. The zero-order chi connectivity index (χ0) is 10.1. The number of aliphatic carboxylic acids is 1. The maximum Gasteiger partial charge on any atom is 0.311 e. The Morgan fingerprint density at radius 3 is 3.07 bits per heavy atom. The first kappa shape index (κ1) is 9.40. The van der Waals surface area contributed by atoms with Gasteiger partial charge in [0.1, 0.15) is 5.75 Å². The van der Waals surface area contributed by atoms with E-state index in [0.717, 1.165) is 16.2 Å². The van der Waals surface area contributed by atoms with Crippen molar-refractivity contribution in [1.29, 1.82) is 0 Å². The molecule has 74 valence electrons. The Kier molecular flexibility index (Phi) is 2.37. The second-order valence-corrected chi connectivity index (χ2v) is 4.17. The number of methoxy groups -OCH3 is 1. The smallest absolute Gasteiger partial charge is 0.311 e. The number of carbonyl (C=O) groups is 1. The summed E-state index contributed by atoms with van der Waals surface area (Å²) >= 11 is 1.59. The normalized spacial score (nSPS) is 19.1. The summed E-state index contributed by atoms with van der Waals surface area (Å²) < 4.78 is 5.07. The summed E-state index contributed by atoms with van der Waals surface area (Å²) in [6.45, 7) is 0. The first-order chi connectivity index (χ1) is 6.72. The standard InChI is InChI=1S/C10H10O3S/c1-13-6-2-3-9-7(4-6)8(5-14-9)10(11)12/h2-4,8H,5H2,1H3,(H,11,12). The number of hydrogen-bond acceptors (Lipinski definition) is 3. The highest BCUT2D eigenvalue weighted by Gasteiger charge is 2.29. The number of benzene rings is 1. The number of rotatable bonds is 2. The van der Waals surface area contributed by atoms with Gasteiger partial charge in [-0.15, -0.1) is 11.8 Å². The van der Waals surface area contributed by atoms with Crippen LogP contribution in [0.25, 0.3) is 0 Å². The number of ether oxygens (including phenoxy) is 1. The molecule has 0 saturated carbocycles. The Labute approximate surface area is 86.1 Å². The van der Waals surface area contributed by atoms with Crippen LogP contribution in [0.1, 0.15) is 11.5 Å². The van der Waals surface area contributed by atoms with Crippen LogP contribution >= 0.6 is 11.8 Å². The summed E-state index contributed by atoms with van der Waals surface area (Å²) in [6, 6.07) is 5.59. The first-order valence-corrected chi connectivity index (χ1v) is 5.24. The number of hydrogen-bond donors (Lipinski definition) is 1. The minimum Gasteiger partial charge on any atom is -0.497 e. The molecule has 1 N–H and O–H groups in total. The number of thioether (sulfide) groups is 1. The van der Waals surface area contributed by atoms with E-state index in [-0.39, 0.29) is 5.92 Å². The molecule has 0 aromatic heterocycles. The van der Waals surface area contributed by atoms with Gasteiger partial charge in [-0.05, 0) is 23.8 Å². The average Bonchev–Trinajstić information content (AvgIpc) is 2.59. The summed E-state index contributed by atoms with van der Waals surface area (Å²) in [5.74, 6) is 0.199. The van der Waals surface area contributed by atoms with Crippen LogP contribution in [0.4, 0.5) is 0 Å². The quantitative estimate of drug-likeness (QED) is 0.810. The molecule has 14 heavy (non-hydrogen) atoms. The van der Waals surface area contributed by atoms with Crippen molar-refractivity contribution < 1.29 is 14.6 Å². The van der Waals surface area contributed by atoms with Crippen LogP contribution < -0.4 is 4.74 Å². The number of carboxylic acids is 1. The van der Waals surface area contributed by atoms with Gasteiger partial charge in [-0.3, -0.25) is 4.79 Å². The van der Waals surface area contributed by atoms with E-state index in [1.165, 1.54) is 0 Å². The molecule has 2 rings (SSSR count). The van der Waals surface area contributed by atoms with Crippen molar-refractivity contribution in [2.75, 3.05) is 12.9 Å². The topological polar surface area (TPSA) is 46.5 Å². The Morgan fingerprint density at radius 1 is 1.64 bits per heavy atom. The highest BCUT2D eigenvalue weighted by molar-refractivity contribution is 7.99. The molecule has 1 aliphatic rings. The van der Waals surface area contributed by atoms with Gasteiger partial charge in [-0.25, -0.2) is 0 Å². The lowest BCUT2D eigenvalue weighted by Gasteiger charge is -2.06. The lowest BCUT2D eigenvalue weighted by molar-refractivity contribution is -0.138. The van der Waals surface area contributed by atoms with Gasteiger partial charge in [0.25, 0.3) is 0 Å². The molecule has 0 bridgehead atoms. The summed E-state index contributed by atoms with van der Waals surface area (Å²) in [5, 5.41) is 8.97. The fourth-order valence-corrected chi connectivity index (χ4v) is 2.72. The minimum atomic E-state index is -0.760. The third-order valence-electron chi connectivity index (χ3n) is 2.30. The van der Waals surface area contributed by atoms with Gasteiger partial charge in [0.2, 0.25) is 0 Å². The molecule has 1 unspecified atom stereocenters. The van der Waals surface area contributed by atoms with E-state index in [0.29, 0.717) is 5.75 Å². The molecule has 0 saturated heterocycles. The number of fused-ring (bicyclic) bond motifs is 1. The summed E-state index contributed by atoms with van der Waals surface area (Å²) in [4.78, 5) is 12.0. The molecule has 0 radical (unpaired) electrons. The monoisotopic (exact) mass is 210 g/mol. The highest BCUT2D eigenvalue weighted by atomic mass is 32.2. The van der Waals surface area contributed by atoms with Crippen LogP contribution in [0.3, 0.4) is 0 Å². The Morgan fingerprint density at radius 2 is 2.43 bits per heavy atom. The summed E-state index contributed by atoms with van der Waals surface area (Å²) in [6.07, 6.45) is 0. The molecule has 1 aliphatic heterocycles. The van der Waals surface area contributed by atoms with E-state index < -0.39 is 5.97 Å². The van der Waals surface area contributed by atoms with E-state index in [1.54, 1.807) is 18.9 Å². The van der Waals surface area contributed by atoms with E-state index in [9.17, 15) is 4.79 Å². The second-order valence-electron chi connectivity index (χ2n) is 3.11. The zero-order valence-corrected chi connectivity index (χ0v) is 8.50. The van der Waals surface area contributed by atoms with E-state index in [2.05, 4.69) is 0 Å². The lowest BCUT2D eigenvalue weighted by Crippen LogP contribution is -2.10. The summed E-state index contributed by atoms with van der Waals surface area (Å²) in [5.41, 5.74) is 0.877. The minimum absolute atomic E-state index is 0.384. The predicted molar refractivity (Wildman–Crippen MR) is 54.1 cm³/mol. The molecular formula is C10H10O3S. The summed E-state index contributed by atoms with van der Waals surface area (Å²) in [7, 11) is 1.58. The van der Waals surface area contributed by atoms with Crippen LogP contribution in [-0.4, -0.2) is 23.9 Å². The first-order valence-electron chi connectivity index (χ1n) is 4.26. The third-order valence-corrected chi connectivity index (χ3v) is 3.48. The van der Waals surface area contributed by atoms with Crippen LogP contribution in [0.5, 0.6) is 5.75 Å². The van der Waals surface area contributed by atoms with Gasteiger partial charge in [-0.1, -0.05) is 0 Å². The fraction of sp³-hybridized carbons (Fsp3) is 0.300. The van der Waals surface area contributed by atoms with Crippen molar-refractivity contribution in [2.24, 2.45) is 0 Å². The van der Waals surface area contributed by atoms with Crippen molar-refractivity contribution in [3.8, 4) is 5.75 Å². The second kappa shape index (κ2) is 3.53. The van der Waals surface area contributed by atoms with Crippen molar-refractivity contribution in [2.45, 2.75) is 10.8 Å². The van der Waals surface area contributed by atoms with Gasteiger partial charge < -0.3 is 9.84 Å². The molecule has 3 nitrogen and oxygen atoms in total. The van der Waals surface area contributed by atoms with Gasteiger partial charge in [-0.2, -0.15) is 0 Å². The van der Waals surface area contributed by atoms with Crippen molar-refractivity contribution in [3.05, 3.63) is 23.8 Å². The van der Waals surface area contributed by atoms with E-state index >= 15 is 0 Å². The van der Waals surface area contributed by atoms with Crippen molar-refractivity contribution in [1.82, 2.24) is 0 Å². The van der Waals surface area contributed by atoms with Gasteiger partial charge in [0.05, 0.1) is 13.0 Å². The molecule has 0 fully saturated rings. The van der Waals surface area contributed by atoms with Gasteiger partial charge in [0.15, 0.2) is 0 Å². The number of carboxylic acid groups (broad SMARTS) is 1. The zero-order valence-electron chi connectivity index (χ0n) is 7.69. The van der Waals surface area contributed by atoms with Crippen molar-refractivity contribution >= 4 is 17.7 Å². The maximum atomic E-state index is 10.9. The molecule has 0 aliphatic carbocycles. The van der Waals surface area contributed by atoms with Crippen molar-refractivity contribution in [3.63, 3.8) is 0 Å². The third kappa shape index (κ3) is 1.46. The SMILES string of the molecule is COc1ccc2c(c1)C(C(=O)O)CS2. The van der Waals surface area contributed by atoms with E-state index in [1.807, 2.05) is 18.2 Å².